The Balaban J connectivity index is 2.11. The zero-order valence-corrected chi connectivity index (χ0v) is 12.0. The third-order valence-electron chi connectivity index (χ3n) is 3.56. The van der Waals surface area contributed by atoms with E-state index in [1.54, 1.807) is 10.9 Å². The van der Waals surface area contributed by atoms with E-state index < -0.39 is 0 Å². The van der Waals surface area contributed by atoms with Crippen molar-refractivity contribution in [3.05, 3.63) is 34.4 Å². The van der Waals surface area contributed by atoms with Gasteiger partial charge >= 0.3 is 0 Å². The maximum Gasteiger partial charge on any atom is 0.255 e. The normalized spacial score (nSPS) is 10.8. The molecule has 2 rings (SSSR count). The minimum atomic E-state index is -0.103. The number of aromatic nitrogens is 4. The quantitative estimate of drug-likeness (QED) is 0.896. The van der Waals surface area contributed by atoms with Crippen molar-refractivity contribution >= 4 is 5.91 Å². The maximum atomic E-state index is 12.1. The molecule has 0 aliphatic heterocycles. The van der Waals surface area contributed by atoms with Gasteiger partial charge in [-0.3, -0.25) is 14.2 Å². The van der Waals surface area contributed by atoms with Gasteiger partial charge in [0.2, 0.25) is 0 Å². The highest BCUT2D eigenvalue weighted by molar-refractivity contribution is 5.94. The van der Waals surface area contributed by atoms with Crippen molar-refractivity contribution in [3.63, 3.8) is 0 Å². The number of hydrogen-bond acceptors (Lipinski definition) is 3. The van der Waals surface area contributed by atoms with Crippen LogP contribution in [0.1, 0.15) is 33.0 Å². The van der Waals surface area contributed by atoms with E-state index in [0.29, 0.717) is 12.1 Å². The Kier molecular flexibility index (Phi) is 3.42. The lowest BCUT2D eigenvalue weighted by Gasteiger charge is -2.05. The number of rotatable bonds is 3. The monoisotopic (exact) mass is 261 g/mol. The fourth-order valence-electron chi connectivity index (χ4n) is 2.06. The molecule has 102 valence electrons. The Morgan fingerprint density at radius 3 is 2.37 bits per heavy atom. The predicted octanol–water partition coefficient (Wildman–Crippen LogP) is 1.01. The minimum absolute atomic E-state index is 0.103. The molecular weight excluding hydrogens is 242 g/mol. The number of hydrogen-bond donors (Lipinski definition) is 1. The molecular formula is C13H19N5O. The summed E-state index contributed by atoms with van der Waals surface area (Å²) in [7, 11) is 3.72. The summed E-state index contributed by atoms with van der Waals surface area (Å²) in [6, 6.07) is 0. The van der Waals surface area contributed by atoms with Gasteiger partial charge in [0.25, 0.3) is 5.91 Å². The predicted molar refractivity (Wildman–Crippen MR) is 71.8 cm³/mol. The molecule has 0 bridgehead atoms. The zero-order valence-electron chi connectivity index (χ0n) is 12.0. The van der Waals surface area contributed by atoms with Crippen molar-refractivity contribution in [2.45, 2.75) is 27.3 Å². The molecule has 2 aromatic heterocycles. The Bertz CT molecular complexity index is 623. The van der Waals surface area contributed by atoms with Gasteiger partial charge in [0.05, 0.1) is 17.5 Å². The Morgan fingerprint density at radius 2 is 1.89 bits per heavy atom. The molecule has 0 aliphatic rings. The number of nitrogens with zero attached hydrogens (tertiary/aromatic N) is 4. The summed E-state index contributed by atoms with van der Waals surface area (Å²) in [6.07, 6.45) is 1.59. The zero-order chi connectivity index (χ0) is 14.2. The molecule has 19 heavy (non-hydrogen) atoms. The topological polar surface area (TPSA) is 64.7 Å². The first-order valence-corrected chi connectivity index (χ1v) is 6.17. The van der Waals surface area contributed by atoms with Crippen LogP contribution >= 0.6 is 0 Å². The molecule has 0 fully saturated rings. The molecule has 0 saturated heterocycles. The van der Waals surface area contributed by atoms with Crippen LogP contribution in [-0.4, -0.2) is 25.5 Å². The van der Waals surface area contributed by atoms with Crippen LogP contribution in [0.5, 0.6) is 0 Å². The number of carbonyl (C=O) groups is 1. The van der Waals surface area contributed by atoms with Crippen LogP contribution in [0.3, 0.4) is 0 Å². The fraction of sp³-hybridized carbons (Fsp3) is 0.462. The SMILES string of the molecule is Cc1nn(C)c(C)c1CNC(=O)c1cnn(C)c1C. The molecule has 2 aromatic rings. The second kappa shape index (κ2) is 4.87. The lowest BCUT2D eigenvalue weighted by molar-refractivity contribution is 0.0950. The number of nitrogens with one attached hydrogen (secondary N) is 1. The van der Waals surface area contributed by atoms with Gasteiger partial charge < -0.3 is 5.32 Å². The van der Waals surface area contributed by atoms with E-state index in [-0.39, 0.29) is 5.91 Å². The van der Waals surface area contributed by atoms with Gasteiger partial charge in [-0.25, -0.2) is 0 Å². The second-order valence-corrected chi connectivity index (χ2v) is 4.72. The van der Waals surface area contributed by atoms with E-state index in [0.717, 1.165) is 22.6 Å². The first-order valence-electron chi connectivity index (χ1n) is 6.17. The van der Waals surface area contributed by atoms with Crippen LogP contribution in [0.4, 0.5) is 0 Å². The van der Waals surface area contributed by atoms with E-state index in [9.17, 15) is 4.79 Å². The van der Waals surface area contributed by atoms with Crippen molar-refractivity contribution in [3.8, 4) is 0 Å². The van der Waals surface area contributed by atoms with Crippen molar-refractivity contribution in [1.82, 2.24) is 24.9 Å². The van der Waals surface area contributed by atoms with Crippen LogP contribution in [0.25, 0.3) is 0 Å². The standard InChI is InChI=1S/C13H19N5O/c1-8-11(9(2)18(5)16-8)6-14-13(19)12-7-15-17(4)10(12)3/h7H,6H2,1-5H3,(H,14,19). The molecule has 1 amide bonds. The molecule has 0 radical (unpaired) electrons. The Hall–Kier alpha value is -2.11. The highest BCUT2D eigenvalue weighted by atomic mass is 16.1. The first kappa shape index (κ1) is 13.3. The van der Waals surface area contributed by atoms with Crippen LogP contribution in [0.15, 0.2) is 6.20 Å². The number of aryl methyl sites for hydroxylation is 3. The highest BCUT2D eigenvalue weighted by Gasteiger charge is 2.14. The maximum absolute atomic E-state index is 12.1. The summed E-state index contributed by atoms with van der Waals surface area (Å²) in [4.78, 5) is 12.1. The van der Waals surface area contributed by atoms with Crippen LogP contribution in [0, 0.1) is 20.8 Å². The van der Waals surface area contributed by atoms with Crippen molar-refractivity contribution in [1.29, 1.82) is 0 Å². The van der Waals surface area contributed by atoms with Crippen LogP contribution < -0.4 is 5.32 Å². The lowest BCUT2D eigenvalue weighted by atomic mass is 10.2. The summed E-state index contributed by atoms with van der Waals surface area (Å²) < 4.78 is 3.52. The number of amides is 1. The summed E-state index contributed by atoms with van der Waals surface area (Å²) in [6.45, 7) is 6.31. The molecule has 0 spiro atoms. The summed E-state index contributed by atoms with van der Waals surface area (Å²) in [5.74, 6) is -0.103. The van der Waals surface area contributed by atoms with Gasteiger partial charge in [-0.1, -0.05) is 0 Å². The van der Waals surface area contributed by atoms with Gasteiger partial charge in [0.15, 0.2) is 0 Å². The largest absolute Gasteiger partial charge is 0.348 e. The molecule has 2 heterocycles. The molecule has 6 heteroatoms. The molecule has 0 unspecified atom stereocenters. The average Bonchev–Trinajstić information content (AvgIpc) is 2.80. The van der Waals surface area contributed by atoms with Gasteiger partial charge in [-0.05, 0) is 20.8 Å². The number of carbonyl (C=O) groups excluding carboxylic acids is 1. The van der Waals surface area contributed by atoms with E-state index in [4.69, 9.17) is 0 Å². The van der Waals surface area contributed by atoms with E-state index in [2.05, 4.69) is 15.5 Å². The van der Waals surface area contributed by atoms with Crippen LogP contribution in [0.2, 0.25) is 0 Å². The van der Waals surface area contributed by atoms with Gasteiger partial charge in [0, 0.05) is 37.6 Å². The average molecular weight is 261 g/mol. The third-order valence-corrected chi connectivity index (χ3v) is 3.56. The molecule has 1 N–H and O–H groups in total. The molecule has 0 aromatic carbocycles. The van der Waals surface area contributed by atoms with E-state index in [1.807, 2.05) is 39.5 Å². The molecule has 0 aliphatic carbocycles. The Morgan fingerprint density at radius 1 is 1.21 bits per heavy atom. The fourth-order valence-corrected chi connectivity index (χ4v) is 2.06. The molecule has 0 atom stereocenters. The van der Waals surface area contributed by atoms with E-state index in [1.165, 1.54) is 0 Å². The Labute approximate surface area is 112 Å². The molecule has 0 saturated carbocycles. The molecule has 6 nitrogen and oxygen atoms in total. The summed E-state index contributed by atoms with van der Waals surface area (Å²) >= 11 is 0. The second-order valence-electron chi connectivity index (χ2n) is 4.72. The van der Waals surface area contributed by atoms with E-state index >= 15 is 0 Å². The summed E-state index contributed by atoms with van der Waals surface area (Å²) in [5, 5.41) is 11.3. The third kappa shape index (κ3) is 2.38. The smallest absolute Gasteiger partial charge is 0.255 e. The van der Waals surface area contributed by atoms with Crippen molar-refractivity contribution in [2.75, 3.05) is 0 Å². The minimum Gasteiger partial charge on any atom is -0.348 e. The highest BCUT2D eigenvalue weighted by Crippen LogP contribution is 2.12. The van der Waals surface area contributed by atoms with Crippen molar-refractivity contribution in [2.24, 2.45) is 14.1 Å². The van der Waals surface area contributed by atoms with Crippen LogP contribution in [-0.2, 0) is 20.6 Å². The summed E-state index contributed by atoms with van der Waals surface area (Å²) in [5.41, 5.74) is 4.56. The van der Waals surface area contributed by atoms with Crippen molar-refractivity contribution < 1.29 is 4.79 Å². The van der Waals surface area contributed by atoms with Gasteiger partial charge in [-0.2, -0.15) is 10.2 Å². The lowest BCUT2D eigenvalue weighted by Crippen LogP contribution is -2.24. The van der Waals surface area contributed by atoms with Gasteiger partial charge in [-0.15, -0.1) is 0 Å². The first-order chi connectivity index (χ1) is 8.91. The van der Waals surface area contributed by atoms with Gasteiger partial charge in [0.1, 0.15) is 0 Å².